The van der Waals surface area contributed by atoms with Crippen molar-refractivity contribution in [2.24, 2.45) is 0 Å². The van der Waals surface area contributed by atoms with Crippen molar-refractivity contribution in [3.63, 3.8) is 0 Å². The van der Waals surface area contributed by atoms with Crippen LogP contribution in [-0.4, -0.2) is 30.6 Å². The van der Waals surface area contributed by atoms with E-state index in [1.807, 2.05) is 0 Å². The molecule has 2 heterocycles. The number of hydrogen-bond donors (Lipinski definition) is 3. The zero-order valence-electron chi connectivity index (χ0n) is 12.8. The lowest BCUT2D eigenvalue weighted by atomic mass is 10.2. The minimum Gasteiger partial charge on any atom is -0.479 e. The fourth-order valence-electron chi connectivity index (χ4n) is 2.25. The molecule has 1 atom stereocenters. The molecule has 3 rings (SSSR count). The number of aryl methyl sites for hydroxylation is 2. The average molecular weight is 336 g/mol. The number of amides is 1. The molecule has 2 aromatic rings. The number of nitrogens with zero attached hydrogens (tertiary/aromatic N) is 1. The van der Waals surface area contributed by atoms with Crippen LogP contribution in [0.4, 0.5) is 11.4 Å². The fraction of sp³-hybridized carbons (Fsp3) is 0.286. The van der Waals surface area contributed by atoms with E-state index < -0.39 is 16.1 Å². The van der Waals surface area contributed by atoms with Crippen LogP contribution in [0.2, 0.25) is 0 Å². The number of rotatable bonds is 3. The molecule has 23 heavy (non-hydrogen) atoms. The molecule has 1 aliphatic heterocycles. The first-order valence-corrected chi connectivity index (χ1v) is 8.42. The summed E-state index contributed by atoms with van der Waals surface area (Å²) in [6.07, 6.45) is -0.612. The summed E-state index contributed by atoms with van der Waals surface area (Å²) in [6.45, 7) is 5.04. The third-order valence-corrected chi connectivity index (χ3v) is 4.90. The van der Waals surface area contributed by atoms with Gasteiger partial charge in [-0.2, -0.15) is 5.10 Å². The molecule has 0 bridgehead atoms. The van der Waals surface area contributed by atoms with Crippen molar-refractivity contribution < 1.29 is 17.9 Å². The van der Waals surface area contributed by atoms with Gasteiger partial charge in [0.25, 0.3) is 15.9 Å². The predicted molar refractivity (Wildman–Crippen MR) is 84.0 cm³/mol. The molecule has 122 valence electrons. The van der Waals surface area contributed by atoms with E-state index in [0.29, 0.717) is 28.5 Å². The Hall–Kier alpha value is -2.55. The van der Waals surface area contributed by atoms with E-state index in [2.05, 4.69) is 20.2 Å². The van der Waals surface area contributed by atoms with Crippen molar-refractivity contribution in [3.05, 3.63) is 29.6 Å². The molecule has 0 fully saturated rings. The Morgan fingerprint density at radius 2 is 2.04 bits per heavy atom. The number of fused-ring (bicyclic) bond motifs is 1. The highest BCUT2D eigenvalue weighted by Gasteiger charge is 2.26. The maximum Gasteiger partial charge on any atom is 0.265 e. The molecule has 1 amide bonds. The largest absolute Gasteiger partial charge is 0.479 e. The number of nitrogens with one attached hydrogen (secondary N) is 3. The van der Waals surface area contributed by atoms with Gasteiger partial charge in [0.1, 0.15) is 5.75 Å². The number of H-pyrrole nitrogens is 1. The molecule has 8 nitrogen and oxygen atoms in total. The first kappa shape index (κ1) is 15.3. The second kappa shape index (κ2) is 5.27. The Morgan fingerprint density at radius 3 is 2.70 bits per heavy atom. The van der Waals surface area contributed by atoms with E-state index in [1.165, 1.54) is 18.2 Å². The van der Waals surface area contributed by atoms with Crippen LogP contribution >= 0.6 is 0 Å². The van der Waals surface area contributed by atoms with Crippen molar-refractivity contribution in [3.8, 4) is 5.75 Å². The predicted octanol–water partition coefficient (Wildman–Crippen LogP) is 1.55. The number of ether oxygens (including phenoxy) is 1. The van der Waals surface area contributed by atoms with Crippen LogP contribution in [0.3, 0.4) is 0 Å². The van der Waals surface area contributed by atoms with Crippen molar-refractivity contribution >= 4 is 27.3 Å². The van der Waals surface area contributed by atoms with Gasteiger partial charge in [0.2, 0.25) is 0 Å². The lowest BCUT2D eigenvalue weighted by molar-refractivity contribution is -0.122. The van der Waals surface area contributed by atoms with Gasteiger partial charge in [0.05, 0.1) is 27.7 Å². The summed E-state index contributed by atoms with van der Waals surface area (Å²) in [5, 5.41) is 9.30. The lowest BCUT2D eigenvalue weighted by Crippen LogP contribution is -2.34. The van der Waals surface area contributed by atoms with Crippen LogP contribution in [0, 0.1) is 13.8 Å². The van der Waals surface area contributed by atoms with E-state index >= 15 is 0 Å². The van der Waals surface area contributed by atoms with E-state index in [4.69, 9.17) is 4.74 Å². The summed E-state index contributed by atoms with van der Waals surface area (Å²) >= 11 is 0. The number of carbonyl (C=O) groups excluding carboxylic acids is 1. The summed E-state index contributed by atoms with van der Waals surface area (Å²) in [7, 11) is -3.81. The minimum absolute atomic E-state index is 0.0229. The molecule has 0 saturated carbocycles. The summed E-state index contributed by atoms with van der Waals surface area (Å²) < 4.78 is 33.0. The monoisotopic (exact) mass is 336 g/mol. The lowest BCUT2D eigenvalue weighted by Gasteiger charge is -2.23. The zero-order chi connectivity index (χ0) is 16.8. The Balaban J connectivity index is 1.95. The summed E-state index contributed by atoms with van der Waals surface area (Å²) in [6, 6.07) is 4.32. The standard InChI is InChI=1S/C14H16N4O4S/c1-7-13(8(2)17-16-7)18-23(20,21)10-4-5-12-11(6-10)15-14(19)9(3)22-12/h4-6,9,18H,1-3H3,(H,15,19)(H,16,17)/t9-/m1/s1. The van der Waals surface area contributed by atoms with Gasteiger partial charge in [-0.1, -0.05) is 0 Å². The number of anilines is 2. The number of carbonyl (C=O) groups is 1. The highest BCUT2D eigenvalue weighted by Crippen LogP contribution is 2.32. The Morgan fingerprint density at radius 1 is 1.30 bits per heavy atom. The fourth-order valence-corrected chi connectivity index (χ4v) is 3.46. The van der Waals surface area contributed by atoms with Gasteiger partial charge in [0.15, 0.2) is 6.10 Å². The Kier molecular flexibility index (Phi) is 3.52. The average Bonchev–Trinajstić information content (AvgIpc) is 2.79. The van der Waals surface area contributed by atoms with Crippen LogP contribution in [0.15, 0.2) is 23.1 Å². The summed E-state index contributed by atoms with van der Waals surface area (Å²) in [4.78, 5) is 11.7. The van der Waals surface area contributed by atoms with Gasteiger partial charge >= 0.3 is 0 Å². The number of aromatic amines is 1. The second-order valence-electron chi connectivity index (χ2n) is 5.32. The summed E-state index contributed by atoms with van der Waals surface area (Å²) in [5.74, 6) is 0.119. The SMILES string of the molecule is Cc1n[nH]c(C)c1NS(=O)(=O)c1ccc2c(c1)NC(=O)[C@@H](C)O2. The van der Waals surface area contributed by atoms with E-state index in [1.54, 1.807) is 20.8 Å². The van der Waals surface area contributed by atoms with E-state index in [-0.39, 0.29) is 10.8 Å². The maximum absolute atomic E-state index is 12.5. The van der Waals surface area contributed by atoms with Crippen LogP contribution in [0.5, 0.6) is 5.75 Å². The van der Waals surface area contributed by atoms with Crippen molar-refractivity contribution in [2.45, 2.75) is 31.8 Å². The Bertz CT molecular complexity index is 869. The minimum atomic E-state index is -3.81. The molecule has 0 radical (unpaired) electrons. The van der Waals surface area contributed by atoms with Gasteiger partial charge in [-0.05, 0) is 39.0 Å². The first-order chi connectivity index (χ1) is 10.8. The van der Waals surface area contributed by atoms with Crippen molar-refractivity contribution in [2.75, 3.05) is 10.0 Å². The first-order valence-electron chi connectivity index (χ1n) is 6.94. The van der Waals surface area contributed by atoms with Crippen LogP contribution in [-0.2, 0) is 14.8 Å². The van der Waals surface area contributed by atoms with Gasteiger partial charge in [0, 0.05) is 0 Å². The van der Waals surface area contributed by atoms with Gasteiger partial charge in [-0.3, -0.25) is 14.6 Å². The quantitative estimate of drug-likeness (QED) is 0.787. The van der Waals surface area contributed by atoms with Gasteiger partial charge in [-0.25, -0.2) is 8.42 Å². The normalized spacial score (nSPS) is 17.2. The topological polar surface area (TPSA) is 113 Å². The molecule has 1 aromatic carbocycles. The third-order valence-electron chi connectivity index (χ3n) is 3.56. The molecule has 1 aromatic heterocycles. The van der Waals surface area contributed by atoms with Gasteiger partial charge in [-0.15, -0.1) is 0 Å². The van der Waals surface area contributed by atoms with Crippen LogP contribution < -0.4 is 14.8 Å². The van der Waals surface area contributed by atoms with Crippen LogP contribution in [0.1, 0.15) is 18.3 Å². The molecule has 0 saturated heterocycles. The molecule has 3 N–H and O–H groups in total. The van der Waals surface area contributed by atoms with Gasteiger partial charge < -0.3 is 10.1 Å². The molecule has 9 heteroatoms. The van der Waals surface area contributed by atoms with E-state index in [9.17, 15) is 13.2 Å². The second-order valence-corrected chi connectivity index (χ2v) is 7.00. The number of sulfonamides is 1. The van der Waals surface area contributed by atoms with E-state index in [0.717, 1.165) is 0 Å². The molecule has 0 unspecified atom stereocenters. The maximum atomic E-state index is 12.5. The third kappa shape index (κ3) is 2.74. The van der Waals surface area contributed by atoms with Crippen molar-refractivity contribution in [1.29, 1.82) is 0 Å². The number of hydrogen-bond acceptors (Lipinski definition) is 5. The number of benzene rings is 1. The molecule has 0 aliphatic carbocycles. The Labute approximate surface area is 133 Å². The van der Waals surface area contributed by atoms with Crippen LogP contribution in [0.25, 0.3) is 0 Å². The summed E-state index contributed by atoms with van der Waals surface area (Å²) in [5.41, 5.74) is 1.91. The molecular weight excluding hydrogens is 320 g/mol. The smallest absolute Gasteiger partial charge is 0.265 e. The zero-order valence-corrected chi connectivity index (χ0v) is 13.6. The molecule has 1 aliphatic rings. The number of aromatic nitrogens is 2. The molecular formula is C14H16N4O4S. The molecule has 0 spiro atoms. The highest BCUT2D eigenvalue weighted by atomic mass is 32.2. The highest BCUT2D eigenvalue weighted by molar-refractivity contribution is 7.92. The van der Waals surface area contributed by atoms with Crippen molar-refractivity contribution in [1.82, 2.24) is 10.2 Å².